The van der Waals surface area contributed by atoms with Crippen LogP contribution in [0.25, 0.3) is 16.7 Å². The topological polar surface area (TPSA) is 85.4 Å². The molecule has 6 nitrogen and oxygen atoms in total. The van der Waals surface area contributed by atoms with Crippen LogP contribution in [0.2, 0.25) is 0 Å². The molecule has 2 N–H and O–H groups in total. The van der Waals surface area contributed by atoms with Crippen molar-refractivity contribution in [3.8, 4) is 11.9 Å². The largest absolute Gasteiger partial charge is 0.399 e. The smallest absolute Gasteiger partial charge is 0.170 e. The van der Waals surface area contributed by atoms with Crippen molar-refractivity contribution in [1.82, 2.24) is 19.6 Å². The van der Waals surface area contributed by atoms with Crippen molar-refractivity contribution in [3.63, 3.8) is 0 Å². The van der Waals surface area contributed by atoms with E-state index >= 15 is 0 Å². The van der Waals surface area contributed by atoms with Gasteiger partial charge >= 0.3 is 0 Å². The third kappa shape index (κ3) is 1.56. The van der Waals surface area contributed by atoms with Crippen LogP contribution in [0.5, 0.6) is 0 Å². The van der Waals surface area contributed by atoms with Crippen LogP contribution >= 0.6 is 0 Å². The summed E-state index contributed by atoms with van der Waals surface area (Å²) in [6.45, 7) is 1.81. The third-order valence-corrected chi connectivity index (χ3v) is 3.10. The van der Waals surface area contributed by atoms with Crippen LogP contribution in [-0.2, 0) is 7.05 Å². The van der Waals surface area contributed by atoms with Crippen molar-refractivity contribution in [2.45, 2.75) is 6.92 Å². The van der Waals surface area contributed by atoms with E-state index in [1.54, 1.807) is 22.6 Å². The van der Waals surface area contributed by atoms with Gasteiger partial charge in [0.15, 0.2) is 5.82 Å². The van der Waals surface area contributed by atoms with Crippen LogP contribution in [0.3, 0.4) is 0 Å². The van der Waals surface area contributed by atoms with E-state index in [2.05, 4.69) is 16.3 Å². The number of fused-ring (bicyclic) bond motifs is 1. The van der Waals surface area contributed by atoms with Crippen LogP contribution in [0, 0.1) is 18.3 Å². The molecule has 19 heavy (non-hydrogen) atoms. The summed E-state index contributed by atoms with van der Waals surface area (Å²) in [7, 11) is 1.79. The zero-order chi connectivity index (χ0) is 13.6. The highest BCUT2D eigenvalue weighted by Gasteiger charge is 2.17. The molecule has 0 atom stereocenters. The number of aromatic nitrogens is 4. The Balaban J connectivity index is 2.37. The first kappa shape index (κ1) is 11.3. The Kier molecular flexibility index (Phi) is 2.29. The number of rotatable bonds is 1. The Bertz CT molecular complexity index is 818. The minimum atomic E-state index is 0.523. The molecule has 1 aromatic carbocycles. The molecule has 0 radical (unpaired) electrons. The van der Waals surface area contributed by atoms with E-state index in [0.717, 1.165) is 10.9 Å². The number of nitrogens with two attached hydrogens (primary N) is 1. The molecule has 6 heteroatoms. The maximum atomic E-state index is 9.27. The molecule has 0 fully saturated rings. The summed E-state index contributed by atoms with van der Waals surface area (Å²) in [5.41, 5.74) is 8.55. The van der Waals surface area contributed by atoms with Gasteiger partial charge in [-0.2, -0.15) is 15.5 Å². The SMILES string of the molecule is Cc1nn(C)c(-n2ncc3ccc(N)cc32)c1C#N. The number of nitrogen functional groups attached to an aromatic ring is 1. The zero-order valence-electron chi connectivity index (χ0n) is 10.6. The molecule has 0 saturated carbocycles. The van der Waals surface area contributed by atoms with E-state index in [1.807, 2.05) is 25.1 Å². The zero-order valence-corrected chi connectivity index (χ0v) is 10.6. The molecule has 0 aliphatic heterocycles. The Morgan fingerprint density at radius 3 is 2.89 bits per heavy atom. The molecule has 3 aromatic rings. The molecule has 2 heterocycles. The fraction of sp³-hybridized carbons (Fsp3) is 0.154. The molecule has 0 aliphatic rings. The number of nitrogens with zero attached hydrogens (tertiary/aromatic N) is 5. The minimum Gasteiger partial charge on any atom is -0.399 e. The Hall–Kier alpha value is -2.81. The first-order chi connectivity index (χ1) is 9.11. The summed E-state index contributed by atoms with van der Waals surface area (Å²) in [5.74, 6) is 0.653. The van der Waals surface area contributed by atoms with Crippen molar-refractivity contribution in [3.05, 3.63) is 35.7 Å². The number of benzene rings is 1. The van der Waals surface area contributed by atoms with Crippen molar-refractivity contribution in [1.29, 1.82) is 5.26 Å². The first-order valence-electron chi connectivity index (χ1n) is 5.79. The summed E-state index contributed by atoms with van der Waals surface area (Å²) >= 11 is 0. The molecule has 2 aromatic heterocycles. The van der Waals surface area contributed by atoms with Crippen LogP contribution in [0.4, 0.5) is 5.69 Å². The first-order valence-corrected chi connectivity index (χ1v) is 5.79. The molecule has 94 valence electrons. The second kappa shape index (κ2) is 3.85. The minimum absolute atomic E-state index is 0.523. The average Bonchev–Trinajstić information content (AvgIpc) is 2.89. The number of hydrogen-bond donors (Lipinski definition) is 1. The van der Waals surface area contributed by atoms with Gasteiger partial charge in [-0.05, 0) is 25.1 Å². The summed E-state index contributed by atoms with van der Waals surface area (Å²) in [5, 5.41) is 18.8. The summed E-state index contributed by atoms with van der Waals surface area (Å²) < 4.78 is 3.35. The van der Waals surface area contributed by atoms with E-state index in [4.69, 9.17) is 5.73 Å². The second-order valence-electron chi connectivity index (χ2n) is 4.39. The number of aryl methyl sites for hydroxylation is 2. The highest BCUT2D eigenvalue weighted by molar-refractivity contribution is 5.83. The van der Waals surface area contributed by atoms with Gasteiger partial charge in [-0.3, -0.25) is 0 Å². The maximum Gasteiger partial charge on any atom is 0.170 e. The van der Waals surface area contributed by atoms with Gasteiger partial charge < -0.3 is 5.73 Å². The van der Waals surface area contributed by atoms with Crippen LogP contribution < -0.4 is 5.73 Å². The van der Waals surface area contributed by atoms with Crippen molar-refractivity contribution < 1.29 is 0 Å². The van der Waals surface area contributed by atoms with Gasteiger partial charge in [0, 0.05) is 18.1 Å². The number of nitriles is 1. The second-order valence-corrected chi connectivity index (χ2v) is 4.39. The van der Waals surface area contributed by atoms with Crippen molar-refractivity contribution in [2.24, 2.45) is 7.05 Å². The molecule has 0 spiro atoms. The van der Waals surface area contributed by atoms with E-state index in [-0.39, 0.29) is 0 Å². The summed E-state index contributed by atoms with van der Waals surface area (Å²) in [4.78, 5) is 0. The Labute approximate surface area is 109 Å². The Morgan fingerprint density at radius 1 is 1.37 bits per heavy atom. The molecular formula is C13H12N6. The van der Waals surface area contributed by atoms with Crippen LogP contribution in [-0.4, -0.2) is 19.6 Å². The fourth-order valence-corrected chi connectivity index (χ4v) is 2.22. The summed E-state index contributed by atoms with van der Waals surface area (Å²) in [6, 6.07) is 7.75. The summed E-state index contributed by atoms with van der Waals surface area (Å²) in [6.07, 6.45) is 1.75. The molecule has 0 unspecified atom stereocenters. The van der Waals surface area contributed by atoms with E-state index in [1.165, 1.54) is 0 Å². The lowest BCUT2D eigenvalue weighted by atomic mass is 10.2. The van der Waals surface area contributed by atoms with E-state index in [9.17, 15) is 5.26 Å². The third-order valence-electron chi connectivity index (χ3n) is 3.10. The van der Waals surface area contributed by atoms with Gasteiger partial charge in [0.05, 0.1) is 17.4 Å². The molecule has 0 bridgehead atoms. The van der Waals surface area contributed by atoms with Crippen molar-refractivity contribution >= 4 is 16.6 Å². The highest BCUT2D eigenvalue weighted by Crippen LogP contribution is 2.23. The molecule has 0 aliphatic carbocycles. The number of anilines is 1. The van der Waals surface area contributed by atoms with Gasteiger partial charge in [-0.25, -0.2) is 9.36 Å². The predicted molar refractivity (Wildman–Crippen MR) is 71.7 cm³/mol. The lowest BCUT2D eigenvalue weighted by Crippen LogP contribution is -2.05. The van der Waals surface area contributed by atoms with Gasteiger partial charge in [-0.1, -0.05) is 0 Å². The van der Waals surface area contributed by atoms with Crippen LogP contribution in [0.1, 0.15) is 11.3 Å². The molecular weight excluding hydrogens is 240 g/mol. The van der Waals surface area contributed by atoms with E-state index < -0.39 is 0 Å². The van der Waals surface area contributed by atoms with Gasteiger partial charge in [0.2, 0.25) is 0 Å². The van der Waals surface area contributed by atoms with Gasteiger partial charge in [0.1, 0.15) is 11.6 Å². The predicted octanol–water partition coefficient (Wildman–Crippen LogP) is 1.52. The number of hydrogen-bond acceptors (Lipinski definition) is 4. The quantitative estimate of drug-likeness (QED) is 0.665. The van der Waals surface area contributed by atoms with E-state index in [0.29, 0.717) is 22.8 Å². The standard InChI is InChI=1S/C13H12N6/c1-8-11(6-14)13(18(2)17-8)19-12-5-10(15)4-3-9(12)7-16-19/h3-5,7H,15H2,1-2H3. The molecule has 0 amide bonds. The lowest BCUT2D eigenvalue weighted by molar-refractivity contribution is 0.702. The lowest BCUT2D eigenvalue weighted by Gasteiger charge is -2.04. The average molecular weight is 252 g/mol. The Morgan fingerprint density at radius 2 is 2.16 bits per heavy atom. The molecule has 3 rings (SSSR count). The molecule has 0 saturated heterocycles. The van der Waals surface area contributed by atoms with Gasteiger partial charge in [-0.15, -0.1) is 0 Å². The van der Waals surface area contributed by atoms with Gasteiger partial charge in [0.25, 0.3) is 0 Å². The fourth-order valence-electron chi connectivity index (χ4n) is 2.22. The van der Waals surface area contributed by atoms with Crippen LogP contribution in [0.15, 0.2) is 24.4 Å². The normalized spacial score (nSPS) is 10.8. The monoisotopic (exact) mass is 252 g/mol. The maximum absolute atomic E-state index is 9.27. The highest BCUT2D eigenvalue weighted by atomic mass is 15.4. The van der Waals surface area contributed by atoms with Crippen molar-refractivity contribution in [2.75, 3.05) is 5.73 Å².